The van der Waals surface area contributed by atoms with E-state index >= 15 is 0 Å². The molecule has 2 rings (SSSR count). The zero-order valence-corrected chi connectivity index (χ0v) is 13.6. The number of para-hydroxylation sites is 1. The van der Waals surface area contributed by atoms with Gasteiger partial charge in [0, 0.05) is 18.4 Å². The molecule has 0 spiro atoms. The minimum absolute atomic E-state index is 0.269. The summed E-state index contributed by atoms with van der Waals surface area (Å²) >= 11 is 0. The number of aryl methyl sites for hydroxylation is 1. The number of rotatable bonds is 4. The van der Waals surface area contributed by atoms with Gasteiger partial charge < -0.3 is 10.1 Å². The summed E-state index contributed by atoms with van der Waals surface area (Å²) in [5.41, 5.74) is 1.43. The Morgan fingerprint density at radius 3 is 2.46 bits per heavy atom. The van der Waals surface area contributed by atoms with Crippen molar-refractivity contribution < 1.29 is 19.1 Å². The van der Waals surface area contributed by atoms with Gasteiger partial charge in [0.05, 0.1) is 6.20 Å². The summed E-state index contributed by atoms with van der Waals surface area (Å²) in [6.07, 6.45) is 0.239. The molecule has 126 valence electrons. The first-order chi connectivity index (χ1) is 11.4. The van der Waals surface area contributed by atoms with E-state index in [9.17, 15) is 14.4 Å². The zero-order valence-electron chi connectivity index (χ0n) is 13.6. The number of imide groups is 1. The van der Waals surface area contributed by atoms with E-state index in [0.29, 0.717) is 11.4 Å². The molecule has 24 heavy (non-hydrogen) atoms. The smallest absolute Gasteiger partial charge is 0.342 e. The average Bonchev–Trinajstić information content (AvgIpc) is 2.87. The first kappa shape index (κ1) is 17.2. The van der Waals surface area contributed by atoms with Crippen LogP contribution in [-0.2, 0) is 16.6 Å². The fourth-order valence-corrected chi connectivity index (χ4v) is 1.87. The number of amides is 3. The van der Waals surface area contributed by atoms with Gasteiger partial charge >= 0.3 is 12.0 Å². The molecule has 0 saturated carbocycles. The van der Waals surface area contributed by atoms with Crippen LogP contribution < -0.4 is 10.6 Å². The van der Waals surface area contributed by atoms with Gasteiger partial charge in [0.1, 0.15) is 5.56 Å². The summed E-state index contributed by atoms with van der Waals surface area (Å²) in [6.45, 7) is 3.09. The fraction of sp³-hybridized carbons (Fsp3) is 0.250. The Hall–Kier alpha value is -3.16. The molecule has 2 aromatic rings. The molecule has 8 heteroatoms. The number of hydrogen-bond donors (Lipinski definition) is 2. The molecule has 1 aromatic carbocycles. The van der Waals surface area contributed by atoms with E-state index in [1.165, 1.54) is 17.8 Å². The molecule has 0 radical (unpaired) electrons. The van der Waals surface area contributed by atoms with E-state index in [0.717, 1.165) is 0 Å². The largest absolute Gasteiger partial charge is 0.449 e. The van der Waals surface area contributed by atoms with Crippen LogP contribution in [0.5, 0.6) is 0 Å². The van der Waals surface area contributed by atoms with Crippen LogP contribution in [0.15, 0.2) is 36.5 Å². The first-order valence-corrected chi connectivity index (χ1v) is 7.25. The molecule has 1 aromatic heterocycles. The summed E-state index contributed by atoms with van der Waals surface area (Å²) in [6, 6.07) is 7.95. The first-order valence-electron chi connectivity index (χ1n) is 7.25. The number of aromatic nitrogens is 2. The van der Waals surface area contributed by atoms with Crippen LogP contribution in [0.3, 0.4) is 0 Å². The molecule has 1 heterocycles. The third-order valence-electron chi connectivity index (χ3n) is 3.38. The van der Waals surface area contributed by atoms with Crippen LogP contribution in [0, 0.1) is 6.92 Å². The molecule has 8 nitrogen and oxygen atoms in total. The van der Waals surface area contributed by atoms with E-state index < -0.39 is 24.0 Å². The van der Waals surface area contributed by atoms with Crippen molar-refractivity contribution in [3.63, 3.8) is 0 Å². The van der Waals surface area contributed by atoms with Crippen molar-refractivity contribution in [2.75, 3.05) is 5.32 Å². The Balaban J connectivity index is 1.89. The zero-order chi connectivity index (χ0) is 17.7. The number of urea groups is 1. The van der Waals surface area contributed by atoms with Gasteiger partial charge in [-0.05, 0) is 26.0 Å². The van der Waals surface area contributed by atoms with Gasteiger partial charge in [-0.3, -0.25) is 14.8 Å². The molecular formula is C16H18N4O4. The minimum Gasteiger partial charge on any atom is -0.449 e. The highest BCUT2D eigenvalue weighted by Crippen LogP contribution is 2.09. The Labute approximate surface area is 138 Å². The second kappa shape index (κ2) is 7.40. The molecule has 1 atom stereocenters. The molecule has 0 aliphatic carbocycles. The number of nitrogens with one attached hydrogen (secondary N) is 2. The quantitative estimate of drug-likeness (QED) is 0.829. The maximum atomic E-state index is 12.0. The lowest BCUT2D eigenvalue weighted by atomic mass is 10.2. The van der Waals surface area contributed by atoms with Crippen molar-refractivity contribution >= 4 is 23.6 Å². The SMILES string of the molecule is Cc1c(C(=O)O[C@@H](C)C(=O)NC(=O)Nc2ccccc2)cnn1C. The summed E-state index contributed by atoms with van der Waals surface area (Å²) < 4.78 is 6.58. The van der Waals surface area contributed by atoms with Crippen molar-refractivity contribution in [3.8, 4) is 0 Å². The highest BCUT2D eigenvalue weighted by atomic mass is 16.5. The third-order valence-corrected chi connectivity index (χ3v) is 3.38. The number of hydrogen-bond acceptors (Lipinski definition) is 5. The molecule has 0 unspecified atom stereocenters. The molecule has 0 bridgehead atoms. The maximum absolute atomic E-state index is 12.0. The third kappa shape index (κ3) is 4.19. The molecule has 2 N–H and O–H groups in total. The number of esters is 1. The van der Waals surface area contributed by atoms with Crippen LogP contribution in [0.4, 0.5) is 10.5 Å². The lowest BCUT2D eigenvalue weighted by molar-refractivity contribution is -0.127. The molecule has 3 amide bonds. The van der Waals surface area contributed by atoms with Gasteiger partial charge in [0.15, 0.2) is 6.10 Å². The van der Waals surface area contributed by atoms with Crippen LogP contribution in [-0.4, -0.2) is 33.8 Å². The van der Waals surface area contributed by atoms with Crippen LogP contribution in [0.2, 0.25) is 0 Å². The Kier molecular flexibility index (Phi) is 5.31. The predicted octanol–water partition coefficient (Wildman–Crippen LogP) is 1.62. The second-order valence-electron chi connectivity index (χ2n) is 5.12. The fourth-order valence-electron chi connectivity index (χ4n) is 1.87. The summed E-state index contributed by atoms with van der Waals surface area (Å²) in [5.74, 6) is -1.40. The average molecular weight is 330 g/mol. The minimum atomic E-state index is -1.13. The number of anilines is 1. The van der Waals surface area contributed by atoms with Gasteiger partial charge in [-0.2, -0.15) is 5.10 Å². The highest BCUT2D eigenvalue weighted by molar-refractivity contribution is 6.03. The van der Waals surface area contributed by atoms with E-state index in [1.54, 1.807) is 44.3 Å². The number of carbonyl (C=O) groups excluding carboxylic acids is 3. The van der Waals surface area contributed by atoms with Crippen molar-refractivity contribution in [2.45, 2.75) is 20.0 Å². The second-order valence-corrected chi connectivity index (χ2v) is 5.12. The normalized spacial score (nSPS) is 11.5. The standard InChI is InChI=1S/C16H18N4O4/c1-10-13(9-17-20(10)3)15(22)24-11(2)14(21)19-16(23)18-12-7-5-4-6-8-12/h4-9,11H,1-3H3,(H2,18,19,21,23)/t11-/m0/s1. The van der Waals surface area contributed by atoms with Crippen LogP contribution in [0.25, 0.3) is 0 Å². The predicted molar refractivity (Wildman–Crippen MR) is 86.4 cm³/mol. The molecule has 0 saturated heterocycles. The maximum Gasteiger partial charge on any atom is 0.342 e. The Morgan fingerprint density at radius 2 is 1.88 bits per heavy atom. The van der Waals surface area contributed by atoms with E-state index in [1.807, 2.05) is 0 Å². The van der Waals surface area contributed by atoms with Crippen molar-refractivity contribution in [1.82, 2.24) is 15.1 Å². The van der Waals surface area contributed by atoms with Crippen LogP contribution in [0.1, 0.15) is 23.0 Å². The van der Waals surface area contributed by atoms with Crippen LogP contribution >= 0.6 is 0 Å². The van der Waals surface area contributed by atoms with Gasteiger partial charge in [-0.25, -0.2) is 9.59 Å². The highest BCUT2D eigenvalue weighted by Gasteiger charge is 2.23. The van der Waals surface area contributed by atoms with Crippen molar-refractivity contribution in [1.29, 1.82) is 0 Å². The monoisotopic (exact) mass is 330 g/mol. The van der Waals surface area contributed by atoms with Crippen molar-refractivity contribution in [3.05, 3.63) is 47.8 Å². The summed E-state index contributed by atoms with van der Waals surface area (Å²) in [7, 11) is 1.69. The molecule has 0 aliphatic rings. The molecule has 0 fully saturated rings. The topological polar surface area (TPSA) is 102 Å². The Bertz CT molecular complexity index is 755. The lowest BCUT2D eigenvalue weighted by Crippen LogP contribution is -2.41. The van der Waals surface area contributed by atoms with Gasteiger partial charge in [-0.1, -0.05) is 18.2 Å². The number of carbonyl (C=O) groups is 3. The Morgan fingerprint density at radius 1 is 1.21 bits per heavy atom. The van der Waals surface area contributed by atoms with Crippen molar-refractivity contribution in [2.24, 2.45) is 7.05 Å². The van der Waals surface area contributed by atoms with Gasteiger partial charge in [0.25, 0.3) is 5.91 Å². The molecule has 0 aliphatic heterocycles. The number of benzene rings is 1. The lowest BCUT2D eigenvalue weighted by Gasteiger charge is -2.13. The van der Waals surface area contributed by atoms with E-state index in [4.69, 9.17) is 4.74 Å². The van der Waals surface area contributed by atoms with Gasteiger partial charge in [-0.15, -0.1) is 0 Å². The number of ether oxygens (including phenoxy) is 1. The summed E-state index contributed by atoms with van der Waals surface area (Å²) in [4.78, 5) is 35.7. The van der Waals surface area contributed by atoms with Gasteiger partial charge in [0.2, 0.25) is 0 Å². The number of nitrogens with zero attached hydrogens (tertiary/aromatic N) is 2. The van der Waals surface area contributed by atoms with E-state index in [2.05, 4.69) is 15.7 Å². The van der Waals surface area contributed by atoms with E-state index in [-0.39, 0.29) is 5.56 Å². The molecular weight excluding hydrogens is 312 g/mol. The summed E-state index contributed by atoms with van der Waals surface area (Å²) in [5, 5.41) is 8.55.